The lowest BCUT2D eigenvalue weighted by molar-refractivity contribution is -0.136. The normalized spacial score (nSPS) is 20.0. The van der Waals surface area contributed by atoms with Crippen LogP contribution in [0.4, 0.5) is 9.59 Å². The number of fused-ring (bicyclic) bond motifs is 1. The van der Waals surface area contributed by atoms with Gasteiger partial charge in [-0.05, 0) is 109 Å². The van der Waals surface area contributed by atoms with E-state index in [1.165, 1.54) is 14.2 Å². The van der Waals surface area contributed by atoms with E-state index in [9.17, 15) is 19.2 Å². The molecule has 63 heavy (non-hydrogen) atoms. The van der Waals surface area contributed by atoms with Gasteiger partial charge in [0.05, 0.1) is 56.3 Å². The Balaban J connectivity index is 0.899. The number of carbonyl (C=O) groups excluding carboxylic acids is 4. The van der Waals surface area contributed by atoms with E-state index in [-0.39, 0.29) is 40.6 Å². The van der Waals surface area contributed by atoms with Crippen molar-refractivity contribution in [1.82, 2.24) is 40.4 Å². The number of likely N-dealkylation sites (tertiary alicyclic amines) is 2. The molecule has 4 fully saturated rings. The lowest BCUT2D eigenvalue weighted by atomic mass is 10.0. The minimum absolute atomic E-state index is 0.0371. The summed E-state index contributed by atoms with van der Waals surface area (Å²) in [5.41, 5.74) is 5.76. The number of aromatic nitrogens is 4. The van der Waals surface area contributed by atoms with Gasteiger partial charge in [-0.25, -0.2) is 19.6 Å². The predicted molar refractivity (Wildman–Crippen MR) is 233 cm³/mol. The summed E-state index contributed by atoms with van der Waals surface area (Å²) < 4.78 is 15.1. The molecule has 4 aliphatic rings. The molecule has 2 aliphatic heterocycles. The minimum atomic E-state index is -0.974. The van der Waals surface area contributed by atoms with Gasteiger partial charge in [0, 0.05) is 24.2 Å². The van der Waals surface area contributed by atoms with Gasteiger partial charge >= 0.3 is 12.2 Å². The highest BCUT2D eigenvalue weighted by molar-refractivity contribution is 5.88. The second kappa shape index (κ2) is 16.5. The molecular formula is C48H52N8O7. The summed E-state index contributed by atoms with van der Waals surface area (Å²) in [7, 11) is 4.13. The zero-order valence-electron chi connectivity index (χ0n) is 36.1. The second-order valence-corrected chi connectivity index (χ2v) is 17.9. The number of methoxy groups -OCH3 is 3. The molecule has 0 bridgehead atoms. The summed E-state index contributed by atoms with van der Waals surface area (Å²) >= 11 is 0. The van der Waals surface area contributed by atoms with Crippen LogP contribution in [0.15, 0.2) is 72.9 Å². The van der Waals surface area contributed by atoms with Crippen LogP contribution in [-0.2, 0) is 19.1 Å². The summed E-state index contributed by atoms with van der Waals surface area (Å²) in [5.74, 6) is 8.11. The van der Waals surface area contributed by atoms with Crippen molar-refractivity contribution in [3.8, 4) is 28.8 Å². The fourth-order valence-electron chi connectivity index (χ4n) is 9.27. The van der Waals surface area contributed by atoms with Crippen molar-refractivity contribution in [2.75, 3.05) is 34.4 Å². The fourth-order valence-corrected chi connectivity index (χ4v) is 9.27. The van der Waals surface area contributed by atoms with Crippen molar-refractivity contribution < 1.29 is 33.4 Å². The number of carbonyl (C=O) groups is 4. The second-order valence-electron chi connectivity index (χ2n) is 17.9. The van der Waals surface area contributed by atoms with E-state index < -0.39 is 24.3 Å². The van der Waals surface area contributed by atoms with Gasteiger partial charge < -0.3 is 44.6 Å². The molecule has 2 saturated carbocycles. The molecular weight excluding hydrogens is 801 g/mol. The zero-order valence-corrected chi connectivity index (χ0v) is 36.1. The standard InChI is InChI=1S/C48H52N8O7/c1-28(2)39(53-45(59)62-4)43(57)55-26-47(17-18-47)23-37(55)41-49-25-36(52-41)31-14-11-29(12-15-31)9-10-30-13-16-34-35(21-30)51-42(50-34)38-24-48(19-20-48)27-56(38)44(58)40(54-46(60)63-5)32-7-6-8-33(22-32)61-3/h6-8,11-16,21-22,25,28,37-40H,17-20,23-24,26-27H2,1-5H3,(H,49,52)(H,50,51)(H,53,59)(H,54,60)/t37-,38-,39-,40+/m0/s1. The Morgan fingerprint density at radius 3 is 2.05 bits per heavy atom. The molecule has 3 aromatic carbocycles. The maximum absolute atomic E-state index is 14.4. The first-order valence-electron chi connectivity index (χ1n) is 21.5. The van der Waals surface area contributed by atoms with E-state index in [0.29, 0.717) is 30.2 Å². The molecule has 2 spiro atoms. The molecule has 0 radical (unpaired) electrons. The molecule has 9 rings (SSSR count). The first-order valence-corrected chi connectivity index (χ1v) is 21.5. The number of H-pyrrole nitrogens is 2. The first-order chi connectivity index (χ1) is 30.4. The number of nitrogens with one attached hydrogen (secondary N) is 4. The zero-order chi connectivity index (χ0) is 44.0. The molecule has 2 aromatic heterocycles. The molecule has 2 saturated heterocycles. The van der Waals surface area contributed by atoms with E-state index in [1.54, 1.807) is 37.6 Å². The molecule has 15 nitrogen and oxygen atoms in total. The summed E-state index contributed by atoms with van der Waals surface area (Å²) in [4.78, 5) is 73.3. The van der Waals surface area contributed by atoms with Crippen molar-refractivity contribution in [1.29, 1.82) is 0 Å². The average molecular weight is 853 g/mol. The molecule has 2 aliphatic carbocycles. The summed E-state index contributed by atoms with van der Waals surface area (Å²) in [5, 5.41) is 5.49. The van der Waals surface area contributed by atoms with Crippen molar-refractivity contribution >= 4 is 35.0 Å². The smallest absolute Gasteiger partial charge is 0.407 e. The highest BCUT2D eigenvalue weighted by atomic mass is 16.5. The molecule has 15 heteroatoms. The van der Waals surface area contributed by atoms with Crippen LogP contribution < -0.4 is 15.4 Å². The lowest BCUT2D eigenvalue weighted by Crippen LogP contribution is -2.51. The Morgan fingerprint density at radius 1 is 0.762 bits per heavy atom. The number of imidazole rings is 2. The molecule has 5 aromatic rings. The molecule has 4 amide bonds. The number of rotatable bonds is 10. The van der Waals surface area contributed by atoms with E-state index in [1.807, 2.05) is 66.1 Å². The molecule has 326 valence electrons. The quantitative estimate of drug-likeness (QED) is 0.108. The van der Waals surface area contributed by atoms with Gasteiger partial charge in [-0.15, -0.1) is 0 Å². The SMILES string of the molecule is COC(=O)N[C@H](C(=O)N1CC2(CC2)C[C@H]1c1ncc(-c2ccc(C#Cc3ccc4nc([C@@H]5CC6(CC6)CN5C(=O)[C@H](NC(=O)OC)c5cccc(OC)c5)[nH]c4c3)cc2)[nH]1)C(C)C. The van der Waals surface area contributed by atoms with E-state index in [0.717, 1.165) is 77.8 Å². The number of alkyl carbamates (subject to hydrolysis) is 2. The Bertz CT molecular complexity index is 2630. The van der Waals surface area contributed by atoms with Crippen molar-refractivity contribution in [3.05, 3.63) is 101 Å². The summed E-state index contributed by atoms with van der Waals surface area (Å²) in [6.07, 6.45) is 6.30. The van der Waals surface area contributed by atoms with Crippen LogP contribution in [0, 0.1) is 28.6 Å². The van der Waals surface area contributed by atoms with E-state index in [2.05, 4.69) is 32.4 Å². The summed E-state index contributed by atoms with van der Waals surface area (Å²) in [6, 6.07) is 18.7. The fraction of sp³-hybridized carbons (Fsp3) is 0.417. The van der Waals surface area contributed by atoms with E-state index >= 15 is 0 Å². The van der Waals surface area contributed by atoms with Crippen molar-refractivity contribution in [3.63, 3.8) is 0 Å². The average Bonchev–Trinajstić information content (AvgIpc) is 3.91. The van der Waals surface area contributed by atoms with Crippen LogP contribution in [0.2, 0.25) is 0 Å². The molecule has 4 N–H and O–H groups in total. The van der Waals surface area contributed by atoms with Crippen LogP contribution >= 0.6 is 0 Å². The highest BCUT2D eigenvalue weighted by Crippen LogP contribution is 2.59. The van der Waals surface area contributed by atoms with Gasteiger partial charge in [-0.3, -0.25) is 9.59 Å². The first kappa shape index (κ1) is 41.5. The maximum atomic E-state index is 14.4. The van der Waals surface area contributed by atoms with Gasteiger partial charge in [0.25, 0.3) is 5.91 Å². The van der Waals surface area contributed by atoms with Crippen LogP contribution in [0.5, 0.6) is 5.75 Å². The third-order valence-electron chi connectivity index (χ3n) is 13.3. The van der Waals surface area contributed by atoms with Crippen molar-refractivity contribution in [2.24, 2.45) is 16.7 Å². The molecule has 4 heterocycles. The number of nitrogens with zero attached hydrogens (tertiary/aromatic N) is 4. The predicted octanol–water partition coefficient (Wildman–Crippen LogP) is 6.95. The number of hydrogen-bond acceptors (Lipinski definition) is 9. The monoisotopic (exact) mass is 852 g/mol. The lowest BCUT2D eigenvalue weighted by Gasteiger charge is -2.30. The van der Waals surface area contributed by atoms with Crippen molar-refractivity contribution in [2.45, 2.75) is 76.5 Å². The van der Waals surface area contributed by atoms with Gasteiger partial charge in [-0.2, -0.15) is 0 Å². The largest absolute Gasteiger partial charge is 0.497 e. The van der Waals surface area contributed by atoms with Crippen LogP contribution in [-0.4, -0.2) is 94.2 Å². The minimum Gasteiger partial charge on any atom is -0.497 e. The maximum Gasteiger partial charge on any atom is 0.407 e. The number of ether oxygens (including phenoxy) is 3. The van der Waals surface area contributed by atoms with Gasteiger partial charge in [-0.1, -0.05) is 50.0 Å². The van der Waals surface area contributed by atoms with Gasteiger partial charge in [0.2, 0.25) is 5.91 Å². The Kier molecular flexibility index (Phi) is 10.9. The molecule has 4 atom stereocenters. The Morgan fingerprint density at radius 2 is 1.40 bits per heavy atom. The Labute approximate surface area is 365 Å². The van der Waals surface area contributed by atoms with Crippen LogP contribution in [0.3, 0.4) is 0 Å². The highest BCUT2D eigenvalue weighted by Gasteiger charge is 2.56. The Hall–Kier alpha value is -6.82. The third kappa shape index (κ3) is 8.41. The number of benzene rings is 3. The van der Waals surface area contributed by atoms with Gasteiger partial charge in [0.1, 0.15) is 29.5 Å². The number of aromatic amines is 2. The number of amides is 4. The number of hydrogen-bond donors (Lipinski definition) is 4. The van der Waals surface area contributed by atoms with Crippen LogP contribution in [0.25, 0.3) is 22.3 Å². The van der Waals surface area contributed by atoms with E-state index in [4.69, 9.17) is 24.2 Å². The topological polar surface area (TPSA) is 184 Å². The molecule has 0 unspecified atom stereocenters. The van der Waals surface area contributed by atoms with Crippen LogP contribution in [0.1, 0.15) is 98.8 Å². The summed E-state index contributed by atoms with van der Waals surface area (Å²) in [6.45, 7) is 5.05. The van der Waals surface area contributed by atoms with Gasteiger partial charge in [0.15, 0.2) is 0 Å². The third-order valence-corrected chi connectivity index (χ3v) is 13.3.